The molecule has 186 valence electrons. The smallest absolute Gasteiger partial charge is 0.276 e. The van der Waals surface area contributed by atoms with Crippen LogP contribution in [0.25, 0.3) is 32.9 Å². The van der Waals surface area contributed by atoms with Crippen LogP contribution in [0.2, 0.25) is 0 Å². The Bertz CT molecular complexity index is 1680. The SMILES string of the molecule is COc1cc(-c2n[nH]c(=O)c3ccccc23)ccc1NC(=O)c1nn(CC2CCOC2)c2ccccc12. The zero-order valence-corrected chi connectivity index (χ0v) is 20.2. The molecule has 2 N–H and O–H groups in total. The number of para-hydroxylation sites is 1. The van der Waals surface area contributed by atoms with E-state index < -0.39 is 0 Å². The van der Waals surface area contributed by atoms with Crippen LogP contribution in [0.4, 0.5) is 5.69 Å². The highest BCUT2D eigenvalue weighted by Crippen LogP contribution is 2.33. The van der Waals surface area contributed by atoms with Gasteiger partial charge in [0.2, 0.25) is 0 Å². The molecule has 1 aliphatic heterocycles. The van der Waals surface area contributed by atoms with Crippen molar-refractivity contribution in [2.45, 2.75) is 13.0 Å². The summed E-state index contributed by atoms with van der Waals surface area (Å²) in [5, 5.41) is 16.5. The van der Waals surface area contributed by atoms with Gasteiger partial charge in [-0.2, -0.15) is 10.2 Å². The fraction of sp³-hybridized carbons (Fsp3) is 0.214. The lowest BCUT2D eigenvalue weighted by Gasteiger charge is -2.12. The molecule has 1 amide bonds. The maximum Gasteiger partial charge on any atom is 0.276 e. The summed E-state index contributed by atoms with van der Waals surface area (Å²) in [5.74, 6) is 0.524. The third-order valence-corrected chi connectivity index (χ3v) is 6.75. The number of rotatable bonds is 6. The zero-order valence-electron chi connectivity index (χ0n) is 20.2. The number of amides is 1. The number of nitrogens with zero attached hydrogens (tertiary/aromatic N) is 3. The molecule has 1 fully saturated rings. The van der Waals surface area contributed by atoms with Crippen LogP contribution in [0.15, 0.2) is 71.5 Å². The number of aromatic nitrogens is 4. The second-order valence-electron chi connectivity index (χ2n) is 9.09. The lowest BCUT2D eigenvalue weighted by molar-refractivity contribution is 0.102. The lowest BCUT2D eigenvalue weighted by atomic mass is 10.0. The highest BCUT2D eigenvalue weighted by atomic mass is 16.5. The van der Waals surface area contributed by atoms with E-state index in [0.717, 1.165) is 34.9 Å². The van der Waals surface area contributed by atoms with Gasteiger partial charge in [0.1, 0.15) is 5.75 Å². The van der Waals surface area contributed by atoms with E-state index in [2.05, 4.69) is 20.6 Å². The average Bonchev–Trinajstić information content (AvgIpc) is 3.58. The summed E-state index contributed by atoms with van der Waals surface area (Å²) >= 11 is 0. The van der Waals surface area contributed by atoms with Gasteiger partial charge < -0.3 is 14.8 Å². The number of H-pyrrole nitrogens is 1. The minimum absolute atomic E-state index is 0.248. The Morgan fingerprint density at radius 2 is 1.89 bits per heavy atom. The van der Waals surface area contributed by atoms with E-state index in [4.69, 9.17) is 9.47 Å². The summed E-state index contributed by atoms with van der Waals surface area (Å²) in [7, 11) is 1.54. The van der Waals surface area contributed by atoms with Crippen LogP contribution < -0.4 is 15.6 Å². The molecule has 0 aliphatic carbocycles. The Balaban J connectivity index is 1.32. The predicted octanol–water partition coefficient (Wildman–Crippen LogP) is 4.24. The van der Waals surface area contributed by atoms with Crippen molar-refractivity contribution in [3.05, 3.63) is 82.8 Å². The number of fused-ring (bicyclic) bond motifs is 2. The van der Waals surface area contributed by atoms with Gasteiger partial charge in [-0.1, -0.05) is 42.5 Å². The quantitative estimate of drug-likeness (QED) is 0.365. The van der Waals surface area contributed by atoms with Crippen LogP contribution >= 0.6 is 0 Å². The van der Waals surface area contributed by atoms with Crippen molar-refractivity contribution in [3.8, 4) is 17.0 Å². The minimum atomic E-state index is -0.323. The molecule has 1 aliphatic rings. The Morgan fingerprint density at radius 1 is 1.11 bits per heavy atom. The van der Waals surface area contributed by atoms with E-state index in [1.54, 1.807) is 25.3 Å². The molecule has 1 atom stereocenters. The number of carbonyl (C=O) groups is 1. The Labute approximate surface area is 212 Å². The third kappa shape index (κ3) is 4.23. The Hall–Kier alpha value is -4.50. The summed E-state index contributed by atoms with van der Waals surface area (Å²) < 4.78 is 13.0. The summed E-state index contributed by atoms with van der Waals surface area (Å²) in [6, 6.07) is 20.4. The fourth-order valence-corrected chi connectivity index (χ4v) is 4.86. The number of carbonyl (C=O) groups excluding carboxylic acids is 1. The summed E-state index contributed by atoms with van der Waals surface area (Å²) in [5.41, 5.74) is 2.89. The number of nitrogens with one attached hydrogen (secondary N) is 2. The minimum Gasteiger partial charge on any atom is -0.495 e. The van der Waals surface area contributed by atoms with E-state index in [0.29, 0.717) is 47.3 Å². The van der Waals surface area contributed by atoms with Crippen molar-refractivity contribution in [1.29, 1.82) is 0 Å². The standard InChI is InChI=1S/C28H25N5O4/c1-36-24-14-18(25-19-6-2-3-7-20(19)27(34)31-30-25)10-11-22(24)29-28(35)26-21-8-4-5-9-23(21)33(32-26)15-17-12-13-37-16-17/h2-11,14,17H,12-13,15-16H2,1H3,(H,29,35)(H,31,34). The van der Waals surface area contributed by atoms with Gasteiger partial charge in [0, 0.05) is 35.4 Å². The number of benzene rings is 3. The highest BCUT2D eigenvalue weighted by molar-refractivity contribution is 6.11. The number of anilines is 1. The number of methoxy groups -OCH3 is 1. The van der Waals surface area contributed by atoms with Crippen LogP contribution in [-0.4, -0.2) is 46.2 Å². The molecule has 9 heteroatoms. The average molecular weight is 496 g/mol. The second-order valence-corrected chi connectivity index (χ2v) is 9.09. The normalized spacial score (nSPS) is 15.3. The van der Waals surface area contributed by atoms with Crippen LogP contribution in [0.5, 0.6) is 5.75 Å². The van der Waals surface area contributed by atoms with Crippen LogP contribution in [-0.2, 0) is 11.3 Å². The first-order chi connectivity index (χ1) is 18.1. The molecule has 37 heavy (non-hydrogen) atoms. The third-order valence-electron chi connectivity index (χ3n) is 6.75. The summed E-state index contributed by atoms with van der Waals surface area (Å²) in [4.78, 5) is 25.6. The first-order valence-corrected chi connectivity index (χ1v) is 12.1. The van der Waals surface area contributed by atoms with Gasteiger partial charge in [-0.05, 0) is 30.7 Å². The molecule has 2 aromatic heterocycles. The Morgan fingerprint density at radius 3 is 2.68 bits per heavy atom. The van der Waals surface area contributed by atoms with Gasteiger partial charge in [-0.15, -0.1) is 0 Å². The topological polar surface area (TPSA) is 111 Å². The van der Waals surface area contributed by atoms with Gasteiger partial charge >= 0.3 is 0 Å². The van der Waals surface area contributed by atoms with Crippen molar-refractivity contribution in [2.75, 3.05) is 25.6 Å². The van der Waals surface area contributed by atoms with Crippen molar-refractivity contribution in [2.24, 2.45) is 5.92 Å². The van der Waals surface area contributed by atoms with Crippen molar-refractivity contribution in [1.82, 2.24) is 20.0 Å². The largest absolute Gasteiger partial charge is 0.495 e. The molecule has 9 nitrogen and oxygen atoms in total. The summed E-state index contributed by atoms with van der Waals surface area (Å²) in [6.07, 6.45) is 0.985. The molecule has 0 radical (unpaired) electrons. The van der Waals surface area contributed by atoms with E-state index >= 15 is 0 Å². The molecule has 3 heterocycles. The van der Waals surface area contributed by atoms with Gasteiger partial charge in [0.25, 0.3) is 11.5 Å². The second kappa shape index (κ2) is 9.51. The molecule has 3 aromatic carbocycles. The molecule has 1 unspecified atom stereocenters. The first-order valence-electron chi connectivity index (χ1n) is 12.1. The van der Waals surface area contributed by atoms with Crippen LogP contribution in [0.1, 0.15) is 16.9 Å². The molecule has 6 rings (SSSR count). The summed E-state index contributed by atoms with van der Waals surface area (Å²) in [6.45, 7) is 2.17. The van der Waals surface area contributed by atoms with Crippen molar-refractivity contribution >= 4 is 33.3 Å². The molecule has 5 aromatic rings. The van der Waals surface area contributed by atoms with Gasteiger partial charge in [0.05, 0.1) is 36.0 Å². The number of aromatic amines is 1. The van der Waals surface area contributed by atoms with Gasteiger partial charge in [-0.25, -0.2) is 5.10 Å². The van der Waals surface area contributed by atoms with Gasteiger partial charge in [-0.3, -0.25) is 14.3 Å². The molecule has 0 saturated carbocycles. The predicted molar refractivity (Wildman–Crippen MR) is 141 cm³/mol. The van der Waals surface area contributed by atoms with Crippen LogP contribution in [0, 0.1) is 5.92 Å². The molecule has 1 saturated heterocycles. The van der Waals surface area contributed by atoms with Crippen molar-refractivity contribution < 1.29 is 14.3 Å². The fourth-order valence-electron chi connectivity index (χ4n) is 4.86. The van der Waals surface area contributed by atoms with E-state index in [1.165, 1.54) is 0 Å². The van der Waals surface area contributed by atoms with E-state index in [1.807, 2.05) is 53.2 Å². The highest BCUT2D eigenvalue weighted by Gasteiger charge is 2.22. The van der Waals surface area contributed by atoms with E-state index in [-0.39, 0.29) is 11.5 Å². The molecule has 0 bridgehead atoms. The monoisotopic (exact) mass is 495 g/mol. The van der Waals surface area contributed by atoms with Crippen molar-refractivity contribution in [3.63, 3.8) is 0 Å². The molecule has 0 spiro atoms. The Kier molecular flexibility index (Phi) is 5.90. The maximum absolute atomic E-state index is 13.4. The number of hydrogen-bond donors (Lipinski definition) is 2. The molecular weight excluding hydrogens is 470 g/mol. The lowest BCUT2D eigenvalue weighted by Crippen LogP contribution is -2.16. The molecular formula is C28H25N5O4. The number of ether oxygens (including phenoxy) is 2. The first kappa shape index (κ1) is 22.9. The maximum atomic E-state index is 13.4. The number of hydrogen-bond acceptors (Lipinski definition) is 6. The van der Waals surface area contributed by atoms with Crippen LogP contribution in [0.3, 0.4) is 0 Å². The zero-order chi connectivity index (χ0) is 25.4. The van der Waals surface area contributed by atoms with Gasteiger partial charge in [0.15, 0.2) is 5.69 Å². The van der Waals surface area contributed by atoms with E-state index in [9.17, 15) is 9.59 Å².